The highest BCUT2D eigenvalue weighted by Crippen LogP contribution is 2.39. The van der Waals surface area contributed by atoms with E-state index in [0.717, 1.165) is 79.5 Å². The van der Waals surface area contributed by atoms with Crippen molar-refractivity contribution in [3.63, 3.8) is 0 Å². The minimum Gasteiger partial charge on any atom is -0.484 e. The van der Waals surface area contributed by atoms with Crippen LogP contribution in [-0.2, 0) is 16.7 Å². The van der Waals surface area contributed by atoms with E-state index in [2.05, 4.69) is 77.6 Å². The van der Waals surface area contributed by atoms with Gasteiger partial charge in [0.05, 0.1) is 31.1 Å². The van der Waals surface area contributed by atoms with Gasteiger partial charge in [-0.1, -0.05) is 45.0 Å². The number of hydrogen-bond acceptors (Lipinski definition) is 8. The lowest BCUT2D eigenvalue weighted by molar-refractivity contribution is 0.171. The van der Waals surface area contributed by atoms with Gasteiger partial charge in [0.15, 0.2) is 5.65 Å². The first-order chi connectivity index (χ1) is 22.6. The normalized spacial score (nSPS) is 18.8. The van der Waals surface area contributed by atoms with Crippen molar-refractivity contribution in [1.29, 1.82) is 0 Å². The predicted molar refractivity (Wildman–Crippen MR) is 183 cm³/mol. The summed E-state index contributed by atoms with van der Waals surface area (Å²) in [6.45, 7) is 10.4. The largest absolute Gasteiger partial charge is 0.484 e. The van der Waals surface area contributed by atoms with Crippen LogP contribution >= 0.6 is 0 Å². The minimum atomic E-state index is -0.264. The number of ether oxygens (including phenoxy) is 2. The van der Waals surface area contributed by atoms with Crippen molar-refractivity contribution in [3.05, 3.63) is 65.5 Å². The van der Waals surface area contributed by atoms with Crippen LogP contribution in [0, 0.1) is 5.92 Å². The van der Waals surface area contributed by atoms with Gasteiger partial charge in [0.1, 0.15) is 17.7 Å². The Morgan fingerprint density at radius 1 is 1.02 bits per heavy atom. The molecule has 2 N–H and O–H groups in total. The van der Waals surface area contributed by atoms with Crippen LogP contribution in [0.5, 0.6) is 5.75 Å². The molecule has 0 radical (unpaired) electrons. The second-order valence-electron chi connectivity index (χ2n) is 14.1. The van der Waals surface area contributed by atoms with Crippen LogP contribution in [0.15, 0.2) is 48.7 Å². The average Bonchev–Trinajstić information content (AvgIpc) is 3.65. The number of rotatable bonds is 10. The molecule has 0 bridgehead atoms. The molecule has 2 atom stereocenters. The van der Waals surface area contributed by atoms with E-state index in [1.54, 1.807) is 11.8 Å². The number of methoxy groups -OCH3 is 1. The second-order valence-corrected chi connectivity index (χ2v) is 14.1. The van der Waals surface area contributed by atoms with Crippen LogP contribution in [0.1, 0.15) is 75.4 Å². The Kier molecular flexibility index (Phi) is 9.70. The average molecular weight is 644 g/mol. The van der Waals surface area contributed by atoms with Crippen molar-refractivity contribution < 1.29 is 14.3 Å². The lowest BCUT2D eigenvalue weighted by Crippen LogP contribution is -2.38. The Bertz CT molecular complexity index is 1670. The van der Waals surface area contributed by atoms with Gasteiger partial charge in [0.25, 0.3) is 0 Å². The molecule has 1 aliphatic heterocycles. The number of carbonyl (C=O) groups is 1. The molecule has 0 unspecified atom stereocenters. The molecule has 2 amide bonds. The summed E-state index contributed by atoms with van der Waals surface area (Å²) < 4.78 is 15.8. The minimum absolute atomic E-state index is 0.142. The van der Waals surface area contributed by atoms with Crippen LogP contribution in [0.4, 0.5) is 16.6 Å². The van der Waals surface area contributed by atoms with Crippen molar-refractivity contribution >= 4 is 23.4 Å². The van der Waals surface area contributed by atoms with E-state index in [4.69, 9.17) is 14.6 Å². The number of nitrogens with one attached hydrogen (secondary N) is 2. The highest BCUT2D eigenvalue weighted by molar-refractivity contribution is 5.88. The third kappa shape index (κ3) is 7.54. The van der Waals surface area contributed by atoms with E-state index in [-0.39, 0.29) is 23.6 Å². The maximum atomic E-state index is 13.3. The zero-order valence-corrected chi connectivity index (χ0v) is 28.6. The lowest BCUT2D eigenvalue weighted by atomic mass is 9.85. The number of pyridine rings is 1. The number of carbonyl (C=O) groups excluding carboxylic acids is 1. The number of urea groups is 1. The van der Waals surface area contributed by atoms with E-state index in [1.165, 1.54) is 0 Å². The van der Waals surface area contributed by atoms with Gasteiger partial charge >= 0.3 is 6.03 Å². The molecule has 12 heteroatoms. The zero-order valence-electron chi connectivity index (χ0n) is 28.6. The monoisotopic (exact) mass is 643 g/mol. The summed E-state index contributed by atoms with van der Waals surface area (Å²) in [7, 11) is 5.94. The number of nitrogens with zero attached hydrogens (tertiary/aromatic N) is 7. The molecule has 2 aliphatic rings. The molecule has 0 spiro atoms. The van der Waals surface area contributed by atoms with E-state index >= 15 is 0 Å². The summed E-state index contributed by atoms with van der Waals surface area (Å²) in [6.07, 6.45) is 5.66. The van der Waals surface area contributed by atoms with E-state index < -0.39 is 0 Å². The van der Waals surface area contributed by atoms with Crippen LogP contribution in [0.25, 0.3) is 5.65 Å². The second kappa shape index (κ2) is 13.9. The molecule has 4 heterocycles. The predicted octanol–water partition coefficient (Wildman–Crippen LogP) is 5.42. The fourth-order valence-corrected chi connectivity index (χ4v) is 6.71. The van der Waals surface area contributed by atoms with Crippen molar-refractivity contribution in [2.75, 3.05) is 57.7 Å². The first kappa shape index (κ1) is 32.8. The molecular formula is C35H49N9O3. The molecule has 252 valence electrons. The third-order valence-corrected chi connectivity index (χ3v) is 9.19. The number of hydrogen-bond donors (Lipinski definition) is 2. The van der Waals surface area contributed by atoms with Crippen LogP contribution in [-0.4, -0.2) is 82.8 Å². The molecule has 47 heavy (non-hydrogen) atoms. The molecule has 6 rings (SSSR count). The Labute approximate surface area is 277 Å². The molecule has 1 fully saturated rings. The van der Waals surface area contributed by atoms with Gasteiger partial charge in [-0.25, -0.2) is 9.48 Å². The fraction of sp³-hybridized carbons (Fsp3) is 0.543. The molecule has 4 aromatic rings. The molecule has 1 saturated heterocycles. The van der Waals surface area contributed by atoms with Gasteiger partial charge in [0, 0.05) is 38.2 Å². The van der Waals surface area contributed by atoms with Gasteiger partial charge in [-0.2, -0.15) is 5.10 Å². The smallest absolute Gasteiger partial charge is 0.320 e. The lowest BCUT2D eigenvalue weighted by Gasteiger charge is -2.33. The Hall–Kier alpha value is -4.16. The number of fused-ring (bicyclic) bond motifs is 2. The number of anilines is 2. The summed E-state index contributed by atoms with van der Waals surface area (Å²) >= 11 is 0. The Morgan fingerprint density at radius 2 is 1.79 bits per heavy atom. The Balaban J connectivity index is 1.14. The topological polar surface area (TPSA) is 114 Å². The molecule has 1 aliphatic carbocycles. The summed E-state index contributed by atoms with van der Waals surface area (Å²) in [5.74, 6) is 2.99. The highest BCUT2D eigenvalue weighted by Gasteiger charge is 2.30. The van der Waals surface area contributed by atoms with Crippen molar-refractivity contribution in [2.45, 2.75) is 70.6 Å². The fourth-order valence-electron chi connectivity index (χ4n) is 6.71. The number of piperidine rings is 1. The molecule has 12 nitrogen and oxygen atoms in total. The Morgan fingerprint density at radius 3 is 2.51 bits per heavy atom. The number of aromatic nitrogens is 5. The summed E-state index contributed by atoms with van der Waals surface area (Å²) in [5.41, 5.74) is 3.71. The third-order valence-electron chi connectivity index (χ3n) is 9.19. The molecule has 3 aromatic heterocycles. The van der Waals surface area contributed by atoms with Crippen LogP contribution < -0.4 is 20.3 Å². The van der Waals surface area contributed by atoms with E-state index in [1.807, 2.05) is 40.9 Å². The molecular weight excluding hydrogens is 594 g/mol. The van der Waals surface area contributed by atoms with Gasteiger partial charge < -0.3 is 24.6 Å². The van der Waals surface area contributed by atoms with Crippen molar-refractivity contribution in [1.82, 2.24) is 34.6 Å². The highest BCUT2D eigenvalue weighted by atomic mass is 16.5. The zero-order chi connectivity index (χ0) is 33.1. The number of benzene rings is 1. The first-order valence-electron chi connectivity index (χ1n) is 16.7. The van der Waals surface area contributed by atoms with Crippen molar-refractivity contribution in [3.8, 4) is 5.75 Å². The summed E-state index contributed by atoms with van der Waals surface area (Å²) in [4.78, 5) is 17.9. The van der Waals surface area contributed by atoms with Gasteiger partial charge in [0.2, 0.25) is 5.95 Å². The van der Waals surface area contributed by atoms with E-state index in [9.17, 15) is 4.79 Å². The molecule has 1 aromatic carbocycles. The van der Waals surface area contributed by atoms with Crippen LogP contribution in [0.3, 0.4) is 0 Å². The summed E-state index contributed by atoms with van der Waals surface area (Å²) in [6, 6.07) is 13.7. The quantitative estimate of drug-likeness (QED) is 0.236. The maximum Gasteiger partial charge on any atom is 0.320 e. The van der Waals surface area contributed by atoms with Crippen molar-refractivity contribution in [2.24, 2.45) is 5.92 Å². The van der Waals surface area contributed by atoms with Gasteiger partial charge in [-0.3, -0.25) is 9.72 Å². The number of amides is 2. The molecule has 0 saturated carbocycles. The van der Waals surface area contributed by atoms with E-state index in [0.29, 0.717) is 24.9 Å². The maximum absolute atomic E-state index is 13.3. The van der Waals surface area contributed by atoms with Crippen LogP contribution in [0.2, 0.25) is 0 Å². The SMILES string of the molecule is COCCn1nc(C(C)(C)C)cc1NC(=O)N[C@H]1CC[C@@H](Oc2ccc3nnc(N4CCC(CN(C)C)CC4)n3c2)c2ccccc21. The standard InChI is InChI=1S/C35H49N9O3/c1-35(2,3)30-21-32(44(40-30)19-20-46-6)37-33(45)36-28-12-13-29(27-10-8-7-9-26(27)28)47-25-11-14-31-38-39-34(43(31)23-25)42-17-15-24(16-18-42)22-41(4)5/h7-11,14,21,23-24,28-29H,12-13,15-20,22H2,1-6H3,(H2,36,37,45)/t28-,29+/m0/s1. The first-order valence-corrected chi connectivity index (χ1v) is 16.7. The van der Waals surface area contributed by atoms with Gasteiger partial charge in [-0.15, -0.1) is 10.2 Å². The van der Waals surface area contributed by atoms with Gasteiger partial charge in [-0.05, 0) is 69.0 Å². The summed E-state index contributed by atoms with van der Waals surface area (Å²) in [5, 5.41) is 20.0.